The Morgan fingerprint density at radius 1 is 1.20 bits per heavy atom. The third kappa shape index (κ3) is 4.12. The minimum atomic E-state index is 0.0258. The van der Waals surface area contributed by atoms with Crippen LogP contribution in [0, 0.1) is 6.92 Å². The molecule has 3 aromatic rings. The number of pyridine rings is 2. The van der Waals surface area contributed by atoms with Crippen molar-refractivity contribution in [3.8, 4) is 16.9 Å². The van der Waals surface area contributed by atoms with E-state index >= 15 is 0 Å². The van der Waals surface area contributed by atoms with E-state index in [1.54, 1.807) is 35.8 Å². The van der Waals surface area contributed by atoms with Gasteiger partial charge >= 0.3 is 0 Å². The first-order valence-corrected chi connectivity index (χ1v) is 9.18. The number of hydrogen-bond acceptors (Lipinski definition) is 4. The van der Waals surface area contributed by atoms with Crippen molar-refractivity contribution in [3.05, 3.63) is 76.5 Å². The van der Waals surface area contributed by atoms with Crippen LogP contribution in [0.2, 0.25) is 0 Å². The van der Waals surface area contributed by atoms with Gasteiger partial charge in [-0.2, -0.15) is 0 Å². The fraction of sp³-hybridized carbons (Fsp3) is 0.200. The first-order valence-electron chi connectivity index (χ1n) is 7.95. The zero-order valence-electron chi connectivity index (χ0n) is 14.5. The summed E-state index contributed by atoms with van der Waals surface area (Å²) >= 11 is 1.66. The van der Waals surface area contributed by atoms with E-state index in [4.69, 9.17) is 4.74 Å². The summed E-state index contributed by atoms with van der Waals surface area (Å²) in [5.41, 5.74) is 3.82. The second kappa shape index (κ2) is 7.57. The highest BCUT2D eigenvalue weighted by molar-refractivity contribution is 7.98. The molecule has 0 saturated heterocycles. The molecule has 0 bridgehead atoms. The van der Waals surface area contributed by atoms with Gasteiger partial charge in [-0.1, -0.05) is 6.07 Å². The number of aryl methyl sites for hydroxylation is 2. The van der Waals surface area contributed by atoms with Gasteiger partial charge in [-0.15, -0.1) is 11.8 Å². The lowest BCUT2D eigenvalue weighted by Crippen LogP contribution is -2.18. The Morgan fingerprint density at radius 3 is 2.72 bits per heavy atom. The second-order valence-electron chi connectivity index (χ2n) is 5.88. The number of nitrogens with zero attached hydrogens (tertiary/aromatic N) is 2. The second-order valence-corrected chi connectivity index (χ2v) is 6.75. The summed E-state index contributed by atoms with van der Waals surface area (Å²) < 4.78 is 7.58. The predicted octanol–water partition coefficient (Wildman–Crippen LogP) is 4.06. The maximum Gasteiger partial charge on any atom is 0.253 e. The third-order valence-electron chi connectivity index (χ3n) is 3.94. The molecule has 0 spiro atoms. The van der Waals surface area contributed by atoms with Crippen molar-refractivity contribution in [2.75, 3.05) is 6.26 Å². The molecular weight excluding hydrogens is 332 g/mol. The normalized spacial score (nSPS) is 10.7. The van der Waals surface area contributed by atoms with Crippen LogP contribution in [-0.4, -0.2) is 15.8 Å². The smallest absolute Gasteiger partial charge is 0.253 e. The van der Waals surface area contributed by atoms with Crippen LogP contribution in [-0.2, 0) is 13.7 Å². The lowest BCUT2D eigenvalue weighted by molar-refractivity contribution is 0.305. The van der Waals surface area contributed by atoms with E-state index < -0.39 is 0 Å². The maximum absolute atomic E-state index is 11.9. The van der Waals surface area contributed by atoms with Gasteiger partial charge in [0.2, 0.25) is 0 Å². The molecule has 0 unspecified atom stereocenters. The Hall–Kier alpha value is -2.53. The van der Waals surface area contributed by atoms with Crippen molar-refractivity contribution >= 4 is 11.8 Å². The number of aromatic nitrogens is 2. The SMILES string of the molecule is CSc1cc(OCc2cccnc2)cc(-c2cc(C)c(=O)n(C)c2)c1. The molecule has 0 N–H and O–H groups in total. The van der Waals surface area contributed by atoms with Crippen molar-refractivity contribution in [1.29, 1.82) is 0 Å². The number of ether oxygens (including phenoxy) is 1. The van der Waals surface area contributed by atoms with Crippen molar-refractivity contribution < 1.29 is 4.74 Å². The molecule has 0 atom stereocenters. The van der Waals surface area contributed by atoms with Gasteiger partial charge in [0.15, 0.2) is 0 Å². The summed E-state index contributed by atoms with van der Waals surface area (Å²) in [6, 6.07) is 12.0. The molecule has 25 heavy (non-hydrogen) atoms. The average Bonchev–Trinajstić information content (AvgIpc) is 2.64. The van der Waals surface area contributed by atoms with Crippen LogP contribution >= 0.6 is 11.8 Å². The molecule has 0 aliphatic rings. The van der Waals surface area contributed by atoms with Crippen LogP contribution in [0.3, 0.4) is 0 Å². The molecule has 0 amide bonds. The van der Waals surface area contributed by atoms with E-state index in [2.05, 4.69) is 11.1 Å². The predicted molar refractivity (Wildman–Crippen MR) is 102 cm³/mol. The molecule has 1 aromatic carbocycles. The number of hydrogen-bond donors (Lipinski definition) is 0. The van der Waals surface area contributed by atoms with E-state index in [0.29, 0.717) is 6.61 Å². The number of rotatable bonds is 5. The molecule has 128 valence electrons. The van der Waals surface area contributed by atoms with Crippen LogP contribution in [0.4, 0.5) is 0 Å². The van der Waals surface area contributed by atoms with Gasteiger partial charge in [-0.05, 0) is 54.6 Å². The van der Waals surface area contributed by atoms with Gasteiger partial charge in [0.05, 0.1) is 0 Å². The lowest BCUT2D eigenvalue weighted by atomic mass is 10.1. The van der Waals surface area contributed by atoms with Crippen LogP contribution in [0.5, 0.6) is 5.75 Å². The van der Waals surface area contributed by atoms with E-state index in [0.717, 1.165) is 32.9 Å². The monoisotopic (exact) mass is 352 g/mol. The fourth-order valence-corrected chi connectivity index (χ4v) is 3.10. The molecule has 0 saturated carbocycles. The van der Waals surface area contributed by atoms with Crippen molar-refractivity contribution in [1.82, 2.24) is 9.55 Å². The lowest BCUT2D eigenvalue weighted by Gasteiger charge is -2.12. The van der Waals surface area contributed by atoms with Gasteiger partial charge < -0.3 is 9.30 Å². The Balaban J connectivity index is 1.94. The van der Waals surface area contributed by atoms with Gasteiger partial charge in [0.25, 0.3) is 5.56 Å². The van der Waals surface area contributed by atoms with Crippen LogP contribution in [0.15, 0.2) is 64.7 Å². The van der Waals surface area contributed by atoms with Gasteiger partial charge in [-0.3, -0.25) is 9.78 Å². The largest absolute Gasteiger partial charge is 0.489 e. The highest BCUT2D eigenvalue weighted by atomic mass is 32.2. The highest BCUT2D eigenvalue weighted by Gasteiger charge is 2.07. The highest BCUT2D eigenvalue weighted by Crippen LogP contribution is 2.30. The van der Waals surface area contributed by atoms with Gasteiger partial charge in [0.1, 0.15) is 12.4 Å². The Bertz CT molecular complexity index is 910. The van der Waals surface area contributed by atoms with Crippen molar-refractivity contribution in [3.63, 3.8) is 0 Å². The van der Waals surface area contributed by atoms with Crippen LogP contribution in [0.1, 0.15) is 11.1 Å². The Kier molecular flexibility index (Phi) is 5.24. The molecule has 3 rings (SSSR count). The topological polar surface area (TPSA) is 44.1 Å². The zero-order valence-corrected chi connectivity index (χ0v) is 15.3. The van der Waals surface area contributed by atoms with E-state index in [1.807, 2.05) is 49.7 Å². The van der Waals surface area contributed by atoms with E-state index in [9.17, 15) is 4.79 Å². The fourth-order valence-electron chi connectivity index (χ4n) is 2.63. The maximum atomic E-state index is 11.9. The molecular formula is C20H20N2O2S. The number of thioether (sulfide) groups is 1. The average molecular weight is 352 g/mol. The molecule has 0 fully saturated rings. The van der Waals surface area contributed by atoms with E-state index in [1.165, 1.54) is 0 Å². The molecule has 0 aliphatic carbocycles. The van der Waals surface area contributed by atoms with Crippen LogP contribution in [0.25, 0.3) is 11.1 Å². The van der Waals surface area contributed by atoms with Gasteiger partial charge in [-0.25, -0.2) is 0 Å². The Labute approximate surface area is 151 Å². The molecule has 2 aromatic heterocycles. The van der Waals surface area contributed by atoms with Crippen LogP contribution < -0.4 is 10.3 Å². The van der Waals surface area contributed by atoms with Gasteiger partial charge in [0, 0.05) is 41.7 Å². The molecule has 0 aliphatic heterocycles. The summed E-state index contributed by atoms with van der Waals surface area (Å²) in [5.74, 6) is 0.803. The molecule has 5 heteroatoms. The molecule has 4 nitrogen and oxygen atoms in total. The Morgan fingerprint density at radius 2 is 2.04 bits per heavy atom. The molecule has 2 heterocycles. The van der Waals surface area contributed by atoms with Crippen molar-refractivity contribution in [2.24, 2.45) is 7.05 Å². The summed E-state index contributed by atoms with van der Waals surface area (Å²) in [7, 11) is 1.77. The summed E-state index contributed by atoms with van der Waals surface area (Å²) in [4.78, 5) is 17.2. The first-order chi connectivity index (χ1) is 12.1. The summed E-state index contributed by atoms with van der Waals surface area (Å²) in [6.45, 7) is 2.31. The van der Waals surface area contributed by atoms with Crippen molar-refractivity contribution in [2.45, 2.75) is 18.4 Å². The van der Waals surface area contributed by atoms with E-state index in [-0.39, 0.29) is 5.56 Å². The summed E-state index contributed by atoms with van der Waals surface area (Å²) in [6.07, 6.45) is 7.45. The minimum Gasteiger partial charge on any atom is -0.489 e. The minimum absolute atomic E-state index is 0.0258. The summed E-state index contributed by atoms with van der Waals surface area (Å²) in [5, 5.41) is 0. The zero-order chi connectivity index (χ0) is 17.8. The quantitative estimate of drug-likeness (QED) is 0.650. The molecule has 0 radical (unpaired) electrons. The number of benzene rings is 1. The third-order valence-corrected chi connectivity index (χ3v) is 4.65. The standard InChI is InChI=1S/C20H20N2O2S/c1-14-7-17(12-22(2)20(14)23)16-8-18(10-19(9-16)25-3)24-13-15-5-4-6-21-11-15/h4-12H,13H2,1-3H3. The first kappa shape index (κ1) is 17.3.